The lowest BCUT2D eigenvalue weighted by molar-refractivity contribution is 0.590. The third kappa shape index (κ3) is 2.58. The molecule has 0 aliphatic rings. The van der Waals surface area contributed by atoms with Crippen LogP contribution in [-0.2, 0) is 17.1 Å². The second-order valence-corrected chi connectivity index (χ2v) is 6.37. The quantitative estimate of drug-likeness (QED) is 0.931. The third-order valence-corrected chi connectivity index (χ3v) is 5.31. The fraction of sp³-hybridized carbons (Fsp3) is 0.308. The molecular weight excluding hydrogens is 295 g/mol. The maximum atomic E-state index is 13.4. The SMILES string of the molecule is CCN(c1cccc(F)c1)S(=O)(=O)c1c(N)nn(C)c1C. The van der Waals surface area contributed by atoms with Crippen molar-refractivity contribution in [3.8, 4) is 0 Å². The van der Waals surface area contributed by atoms with Gasteiger partial charge in [-0.1, -0.05) is 6.07 Å². The minimum absolute atomic E-state index is 0.0453. The van der Waals surface area contributed by atoms with Crippen molar-refractivity contribution < 1.29 is 12.8 Å². The van der Waals surface area contributed by atoms with Gasteiger partial charge in [-0.3, -0.25) is 8.99 Å². The molecular formula is C13H17FN4O2S. The first kappa shape index (κ1) is 15.3. The van der Waals surface area contributed by atoms with Crippen molar-refractivity contribution in [2.24, 2.45) is 7.05 Å². The monoisotopic (exact) mass is 312 g/mol. The number of aryl methyl sites for hydroxylation is 1. The molecule has 6 nitrogen and oxygen atoms in total. The van der Waals surface area contributed by atoms with E-state index in [0.717, 1.165) is 4.31 Å². The van der Waals surface area contributed by atoms with E-state index in [2.05, 4.69) is 5.10 Å². The molecule has 0 aliphatic carbocycles. The molecule has 2 aromatic rings. The third-order valence-electron chi connectivity index (χ3n) is 3.24. The number of hydrogen-bond acceptors (Lipinski definition) is 4. The standard InChI is InChI=1S/C13H17FN4O2S/c1-4-18(11-7-5-6-10(14)8-11)21(19,20)12-9(2)17(3)16-13(12)15/h5-8H,4H2,1-3H3,(H2,15,16). The Hall–Kier alpha value is -2.09. The topological polar surface area (TPSA) is 81.2 Å². The van der Waals surface area contributed by atoms with Crippen LogP contribution in [0.25, 0.3) is 0 Å². The van der Waals surface area contributed by atoms with Gasteiger partial charge < -0.3 is 5.73 Å². The molecule has 0 spiro atoms. The molecule has 0 fully saturated rings. The molecule has 0 amide bonds. The molecule has 1 heterocycles. The van der Waals surface area contributed by atoms with Gasteiger partial charge in [-0.2, -0.15) is 5.10 Å². The number of hydrogen-bond donors (Lipinski definition) is 1. The van der Waals surface area contributed by atoms with Crippen LogP contribution in [0.2, 0.25) is 0 Å². The Bertz CT molecular complexity index is 770. The predicted octanol–water partition coefficient (Wildman–Crippen LogP) is 1.67. The molecule has 21 heavy (non-hydrogen) atoms. The van der Waals surface area contributed by atoms with Crippen molar-refractivity contribution in [1.82, 2.24) is 9.78 Å². The molecule has 1 aromatic heterocycles. The molecule has 0 aliphatic heterocycles. The van der Waals surface area contributed by atoms with Gasteiger partial charge in [0.15, 0.2) is 10.7 Å². The average molecular weight is 312 g/mol. The van der Waals surface area contributed by atoms with Crippen LogP contribution in [0.3, 0.4) is 0 Å². The van der Waals surface area contributed by atoms with Crippen LogP contribution in [-0.4, -0.2) is 24.7 Å². The summed E-state index contributed by atoms with van der Waals surface area (Å²) in [5.74, 6) is -0.568. The van der Waals surface area contributed by atoms with Crippen LogP contribution in [0.4, 0.5) is 15.9 Å². The van der Waals surface area contributed by atoms with Gasteiger partial charge in [0, 0.05) is 13.6 Å². The van der Waals surface area contributed by atoms with Gasteiger partial charge in [-0.15, -0.1) is 0 Å². The highest BCUT2D eigenvalue weighted by molar-refractivity contribution is 7.93. The zero-order valence-electron chi connectivity index (χ0n) is 12.0. The summed E-state index contributed by atoms with van der Waals surface area (Å²) in [5.41, 5.74) is 6.40. The molecule has 0 bridgehead atoms. The number of rotatable bonds is 4. The number of anilines is 2. The van der Waals surface area contributed by atoms with E-state index < -0.39 is 15.8 Å². The Morgan fingerprint density at radius 2 is 2.10 bits per heavy atom. The van der Waals surface area contributed by atoms with Crippen molar-refractivity contribution >= 4 is 21.5 Å². The van der Waals surface area contributed by atoms with Crippen molar-refractivity contribution in [1.29, 1.82) is 0 Å². The lowest BCUT2D eigenvalue weighted by Crippen LogP contribution is -2.31. The Balaban J connectivity index is 2.60. The maximum Gasteiger partial charge on any atom is 0.269 e. The predicted molar refractivity (Wildman–Crippen MR) is 79.0 cm³/mol. The van der Waals surface area contributed by atoms with E-state index in [1.807, 2.05) is 0 Å². The fourth-order valence-corrected chi connectivity index (χ4v) is 3.93. The highest BCUT2D eigenvalue weighted by atomic mass is 32.2. The van der Waals surface area contributed by atoms with E-state index >= 15 is 0 Å². The molecule has 114 valence electrons. The maximum absolute atomic E-state index is 13.4. The molecule has 0 saturated heterocycles. The molecule has 2 rings (SSSR count). The minimum Gasteiger partial charge on any atom is -0.381 e. The summed E-state index contributed by atoms with van der Waals surface area (Å²) in [6.45, 7) is 3.44. The first-order valence-electron chi connectivity index (χ1n) is 6.36. The van der Waals surface area contributed by atoms with Crippen molar-refractivity contribution in [2.75, 3.05) is 16.6 Å². The van der Waals surface area contributed by atoms with Gasteiger partial charge in [-0.05, 0) is 32.0 Å². The van der Waals surface area contributed by atoms with Gasteiger partial charge in [0.1, 0.15) is 5.82 Å². The number of sulfonamides is 1. The molecule has 8 heteroatoms. The smallest absolute Gasteiger partial charge is 0.269 e. The highest BCUT2D eigenvalue weighted by Gasteiger charge is 2.30. The number of benzene rings is 1. The summed E-state index contributed by atoms with van der Waals surface area (Å²) in [4.78, 5) is -0.0453. The molecule has 0 saturated carbocycles. The fourth-order valence-electron chi connectivity index (χ4n) is 2.17. The second-order valence-electron chi connectivity index (χ2n) is 4.57. The molecule has 1 aromatic carbocycles. The van der Waals surface area contributed by atoms with E-state index in [9.17, 15) is 12.8 Å². The highest BCUT2D eigenvalue weighted by Crippen LogP contribution is 2.29. The zero-order chi connectivity index (χ0) is 15.8. The van der Waals surface area contributed by atoms with Gasteiger partial charge in [0.2, 0.25) is 0 Å². The second kappa shape index (κ2) is 5.36. The van der Waals surface area contributed by atoms with Crippen LogP contribution < -0.4 is 10.0 Å². The van der Waals surface area contributed by atoms with Crippen molar-refractivity contribution in [3.63, 3.8) is 0 Å². The normalized spacial score (nSPS) is 11.6. The van der Waals surface area contributed by atoms with Gasteiger partial charge >= 0.3 is 0 Å². The molecule has 0 radical (unpaired) electrons. The van der Waals surface area contributed by atoms with Gasteiger partial charge in [-0.25, -0.2) is 12.8 Å². The summed E-state index contributed by atoms with van der Waals surface area (Å²) < 4.78 is 41.5. The van der Waals surface area contributed by atoms with E-state index in [-0.39, 0.29) is 22.9 Å². The average Bonchev–Trinajstić information content (AvgIpc) is 2.64. The van der Waals surface area contributed by atoms with E-state index in [1.165, 1.54) is 28.9 Å². The van der Waals surface area contributed by atoms with E-state index in [0.29, 0.717) is 5.69 Å². The molecule has 0 unspecified atom stereocenters. The van der Waals surface area contributed by atoms with Gasteiger partial charge in [0.25, 0.3) is 10.0 Å². The Kier molecular flexibility index (Phi) is 3.91. The number of nitrogens with two attached hydrogens (primary N) is 1. The van der Waals surface area contributed by atoms with Crippen molar-refractivity contribution in [3.05, 3.63) is 35.8 Å². The zero-order valence-corrected chi connectivity index (χ0v) is 12.9. The first-order chi connectivity index (χ1) is 9.78. The number of aromatic nitrogens is 2. The summed E-state index contributed by atoms with van der Waals surface area (Å²) in [7, 11) is -2.29. The number of nitrogens with zero attached hydrogens (tertiary/aromatic N) is 3. The Labute approximate surface area is 123 Å². The molecule has 2 N–H and O–H groups in total. The summed E-state index contributed by atoms with van der Waals surface area (Å²) in [6.07, 6.45) is 0. The summed E-state index contributed by atoms with van der Waals surface area (Å²) in [6, 6.07) is 5.42. The van der Waals surface area contributed by atoms with Crippen LogP contribution in [0.15, 0.2) is 29.2 Å². The van der Waals surface area contributed by atoms with Crippen LogP contribution in [0.5, 0.6) is 0 Å². The Morgan fingerprint density at radius 3 is 2.57 bits per heavy atom. The van der Waals surface area contributed by atoms with Gasteiger partial charge in [0.05, 0.1) is 11.4 Å². The van der Waals surface area contributed by atoms with Crippen LogP contribution in [0, 0.1) is 12.7 Å². The van der Waals surface area contributed by atoms with Crippen LogP contribution in [0.1, 0.15) is 12.6 Å². The summed E-state index contributed by atoms with van der Waals surface area (Å²) >= 11 is 0. The number of halogens is 1. The summed E-state index contributed by atoms with van der Waals surface area (Å²) in [5, 5.41) is 3.92. The lowest BCUT2D eigenvalue weighted by Gasteiger charge is -2.22. The number of nitrogen functional groups attached to an aromatic ring is 1. The van der Waals surface area contributed by atoms with E-state index in [4.69, 9.17) is 5.73 Å². The minimum atomic E-state index is -3.90. The van der Waals surface area contributed by atoms with Crippen molar-refractivity contribution in [2.45, 2.75) is 18.7 Å². The van der Waals surface area contributed by atoms with E-state index in [1.54, 1.807) is 20.9 Å². The molecule has 0 atom stereocenters. The largest absolute Gasteiger partial charge is 0.381 e. The lowest BCUT2D eigenvalue weighted by atomic mass is 10.3. The first-order valence-corrected chi connectivity index (χ1v) is 7.80. The Morgan fingerprint density at radius 1 is 1.43 bits per heavy atom. The van der Waals surface area contributed by atoms with Crippen LogP contribution >= 0.6 is 0 Å².